The number of carbonyl (C=O) groups is 1. The van der Waals surface area contributed by atoms with Gasteiger partial charge in [-0.2, -0.15) is 0 Å². The molecule has 2 heterocycles. The SMILES string of the molecule is CCC1=C(C(=O)OC)[C@H](c2ccccc2)NC(=S)N1c1ccc2c(c1)OCCO2. The molecule has 29 heavy (non-hydrogen) atoms. The Hall–Kier alpha value is -3.06. The molecule has 2 aromatic rings. The number of hydrogen-bond donors (Lipinski definition) is 1. The number of benzene rings is 2. The van der Waals surface area contributed by atoms with Crippen LogP contribution in [-0.4, -0.2) is 31.4 Å². The van der Waals surface area contributed by atoms with Gasteiger partial charge >= 0.3 is 5.97 Å². The number of allylic oxidation sites excluding steroid dienone is 1. The van der Waals surface area contributed by atoms with Crippen LogP contribution in [0.1, 0.15) is 24.9 Å². The number of fused-ring (bicyclic) bond motifs is 1. The van der Waals surface area contributed by atoms with Crippen LogP contribution in [0.4, 0.5) is 5.69 Å². The lowest BCUT2D eigenvalue weighted by Gasteiger charge is -2.38. The molecule has 2 aliphatic heterocycles. The van der Waals surface area contributed by atoms with Crippen LogP contribution in [0.3, 0.4) is 0 Å². The predicted octanol–water partition coefficient (Wildman–Crippen LogP) is 3.73. The van der Waals surface area contributed by atoms with Gasteiger partial charge in [-0.25, -0.2) is 4.79 Å². The highest BCUT2D eigenvalue weighted by atomic mass is 32.1. The van der Waals surface area contributed by atoms with Crippen molar-refractivity contribution in [3.05, 3.63) is 65.4 Å². The van der Waals surface area contributed by atoms with Gasteiger partial charge in [-0.05, 0) is 36.3 Å². The first kappa shape index (κ1) is 19.3. The smallest absolute Gasteiger partial charge is 0.337 e. The number of ether oxygens (including phenoxy) is 3. The molecule has 0 saturated carbocycles. The molecule has 0 radical (unpaired) electrons. The van der Waals surface area contributed by atoms with Gasteiger partial charge in [-0.1, -0.05) is 37.3 Å². The van der Waals surface area contributed by atoms with E-state index in [-0.39, 0.29) is 12.0 Å². The number of thiocarbonyl (C=S) groups is 1. The zero-order valence-electron chi connectivity index (χ0n) is 16.3. The molecule has 1 N–H and O–H groups in total. The summed E-state index contributed by atoms with van der Waals surface area (Å²) in [6.45, 7) is 3.03. The molecule has 7 heteroatoms. The normalized spacial score (nSPS) is 18.3. The van der Waals surface area contributed by atoms with Crippen LogP contribution < -0.4 is 19.7 Å². The zero-order valence-corrected chi connectivity index (χ0v) is 17.1. The van der Waals surface area contributed by atoms with Crippen LogP contribution in [0.15, 0.2) is 59.8 Å². The van der Waals surface area contributed by atoms with E-state index in [1.54, 1.807) is 0 Å². The number of nitrogens with zero attached hydrogens (tertiary/aromatic N) is 1. The van der Waals surface area contributed by atoms with Crippen molar-refractivity contribution < 1.29 is 19.0 Å². The van der Waals surface area contributed by atoms with Gasteiger partial charge in [-0.15, -0.1) is 0 Å². The Labute approximate surface area is 175 Å². The minimum absolute atomic E-state index is 0.375. The highest BCUT2D eigenvalue weighted by molar-refractivity contribution is 7.80. The van der Waals surface area contributed by atoms with Crippen LogP contribution >= 0.6 is 12.2 Å². The van der Waals surface area contributed by atoms with Crippen molar-refractivity contribution in [2.24, 2.45) is 0 Å². The van der Waals surface area contributed by atoms with Gasteiger partial charge in [0.05, 0.1) is 24.4 Å². The first-order valence-electron chi connectivity index (χ1n) is 9.50. The number of nitrogens with one attached hydrogen (secondary N) is 1. The molecule has 4 rings (SSSR count). The number of hydrogen-bond acceptors (Lipinski definition) is 5. The van der Waals surface area contributed by atoms with Crippen molar-refractivity contribution in [2.45, 2.75) is 19.4 Å². The van der Waals surface area contributed by atoms with Crippen LogP contribution in [0.2, 0.25) is 0 Å². The lowest BCUT2D eigenvalue weighted by atomic mass is 9.93. The maximum absolute atomic E-state index is 12.8. The molecule has 0 aromatic heterocycles. The molecular weight excluding hydrogens is 388 g/mol. The van der Waals surface area contributed by atoms with Crippen LogP contribution in [0, 0.1) is 0 Å². The third kappa shape index (κ3) is 3.53. The van der Waals surface area contributed by atoms with Gasteiger partial charge in [0.1, 0.15) is 13.2 Å². The summed E-state index contributed by atoms with van der Waals surface area (Å²) in [5.74, 6) is 0.985. The Morgan fingerprint density at radius 1 is 1.17 bits per heavy atom. The molecule has 0 spiro atoms. The summed E-state index contributed by atoms with van der Waals surface area (Å²) in [5, 5.41) is 3.83. The molecule has 2 aliphatic rings. The fourth-order valence-corrected chi connectivity index (χ4v) is 4.04. The largest absolute Gasteiger partial charge is 0.486 e. The second-order valence-corrected chi connectivity index (χ2v) is 7.05. The van der Waals surface area contributed by atoms with E-state index in [4.69, 9.17) is 26.4 Å². The van der Waals surface area contributed by atoms with E-state index in [2.05, 4.69) is 5.32 Å². The van der Waals surface area contributed by atoms with Gasteiger partial charge in [-0.3, -0.25) is 4.90 Å². The molecule has 2 aromatic carbocycles. The third-order valence-corrected chi connectivity index (χ3v) is 5.30. The van der Waals surface area contributed by atoms with Gasteiger partial charge in [0.2, 0.25) is 0 Å². The van der Waals surface area contributed by atoms with Crippen molar-refractivity contribution in [2.75, 3.05) is 25.2 Å². The third-order valence-electron chi connectivity index (χ3n) is 5.00. The van der Waals surface area contributed by atoms with Crippen molar-refractivity contribution in [3.8, 4) is 11.5 Å². The highest BCUT2D eigenvalue weighted by Gasteiger charge is 2.36. The lowest BCUT2D eigenvalue weighted by molar-refractivity contribution is -0.136. The second kappa shape index (κ2) is 8.13. The average Bonchev–Trinajstić information content (AvgIpc) is 2.78. The zero-order chi connectivity index (χ0) is 20.4. The second-order valence-electron chi connectivity index (χ2n) is 6.66. The van der Waals surface area contributed by atoms with Crippen LogP contribution in [0.5, 0.6) is 11.5 Å². The molecule has 0 bridgehead atoms. The molecule has 150 valence electrons. The Bertz CT molecular complexity index is 974. The molecule has 0 unspecified atom stereocenters. The number of methoxy groups -OCH3 is 1. The summed E-state index contributed by atoms with van der Waals surface area (Å²) in [5.41, 5.74) is 3.09. The Kier molecular flexibility index (Phi) is 5.40. The minimum Gasteiger partial charge on any atom is -0.486 e. The lowest BCUT2D eigenvalue weighted by Crippen LogP contribution is -2.48. The summed E-state index contributed by atoms with van der Waals surface area (Å²) in [6, 6.07) is 15.0. The van der Waals surface area contributed by atoms with E-state index in [0.29, 0.717) is 41.8 Å². The predicted molar refractivity (Wildman–Crippen MR) is 114 cm³/mol. The number of rotatable bonds is 4. The van der Waals surface area contributed by atoms with Gasteiger partial charge in [0.25, 0.3) is 0 Å². The first-order chi connectivity index (χ1) is 14.1. The standard InChI is InChI=1S/C22H22N2O4S/c1-3-16-19(21(25)26-2)20(14-7-5-4-6-8-14)23-22(29)24(16)15-9-10-17-18(13-15)28-12-11-27-17/h4-10,13,20H,3,11-12H2,1-2H3,(H,23,29)/t20-/m0/s1. The molecule has 6 nitrogen and oxygen atoms in total. The molecule has 0 amide bonds. The molecular formula is C22H22N2O4S. The topological polar surface area (TPSA) is 60.0 Å². The summed E-state index contributed by atoms with van der Waals surface area (Å²) in [6.07, 6.45) is 0.601. The average molecular weight is 410 g/mol. The summed E-state index contributed by atoms with van der Waals surface area (Å²) >= 11 is 5.72. The van der Waals surface area contributed by atoms with E-state index in [1.165, 1.54) is 7.11 Å². The van der Waals surface area contributed by atoms with Crippen molar-refractivity contribution in [1.29, 1.82) is 0 Å². The minimum atomic E-state index is -0.381. The Balaban J connectivity index is 1.84. The van der Waals surface area contributed by atoms with Crippen molar-refractivity contribution in [1.82, 2.24) is 5.32 Å². The monoisotopic (exact) mass is 410 g/mol. The first-order valence-corrected chi connectivity index (χ1v) is 9.91. The Morgan fingerprint density at radius 2 is 1.90 bits per heavy atom. The van der Waals surface area contributed by atoms with E-state index in [0.717, 1.165) is 16.9 Å². The van der Waals surface area contributed by atoms with Gasteiger partial charge in [0.15, 0.2) is 16.6 Å². The maximum Gasteiger partial charge on any atom is 0.337 e. The van der Waals surface area contributed by atoms with Crippen LogP contribution in [0.25, 0.3) is 0 Å². The highest BCUT2D eigenvalue weighted by Crippen LogP contribution is 2.39. The summed E-state index contributed by atoms with van der Waals surface area (Å²) in [4.78, 5) is 14.7. The summed E-state index contributed by atoms with van der Waals surface area (Å²) < 4.78 is 16.5. The summed E-state index contributed by atoms with van der Waals surface area (Å²) in [7, 11) is 1.39. The fourth-order valence-electron chi connectivity index (χ4n) is 3.70. The van der Waals surface area contributed by atoms with Gasteiger partial charge < -0.3 is 19.5 Å². The number of anilines is 1. The van der Waals surface area contributed by atoms with E-state index in [1.807, 2.05) is 60.4 Å². The molecule has 0 saturated heterocycles. The van der Waals surface area contributed by atoms with E-state index >= 15 is 0 Å². The van der Waals surface area contributed by atoms with Gasteiger partial charge in [0, 0.05) is 11.8 Å². The Morgan fingerprint density at radius 3 is 2.59 bits per heavy atom. The molecule has 0 fully saturated rings. The number of carbonyl (C=O) groups excluding carboxylic acids is 1. The fraction of sp³-hybridized carbons (Fsp3) is 0.273. The maximum atomic E-state index is 12.8. The van der Waals surface area contributed by atoms with Crippen LogP contribution in [-0.2, 0) is 9.53 Å². The van der Waals surface area contributed by atoms with Crippen molar-refractivity contribution in [3.63, 3.8) is 0 Å². The quantitative estimate of drug-likeness (QED) is 0.609. The number of esters is 1. The van der Waals surface area contributed by atoms with E-state index in [9.17, 15) is 4.79 Å². The molecule has 1 atom stereocenters. The molecule has 0 aliphatic carbocycles. The van der Waals surface area contributed by atoms with Crippen molar-refractivity contribution >= 4 is 29.0 Å². The van der Waals surface area contributed by atoms with E-state index < -0.39 is 0 Å².